The van der Waals surface area contributed by atoms with Gasteiger partial charge in [0.05, 0.1) is 19.2 Å². The van der Waals surface area contributed by atoms with Crippen LogP contribution >= 0.6 is 11.6 Å². The summed E-state index contributed by atoms with van der Waals surface area (Å²) in [6, 6.07) is 16.5. The molecule has 0 bridgehead atoms. The van der Waals surface area contributed by atoms with Crippen molar-refractivity contribution in [1.82, 2.24) is 0 Å². The topological polar surface area (TPSA) is 29.5 Å². The number of rotatable bonds is 4. The molecule has 0 saturated heterocycles. The number of amides is 1. The maximum Gasteiger partial charge on any atom is 0.255 e. The van der Waals surface area contributed by atoms with Crippen molar-refractivity contribution >= 4 is 23.2 Å². The second-order valence-corrected chi connectivity index (χ2v) is 4.38. The fraction of sp³-hybridized carbons (Fsp3) is 0.133. The van der Waals surface area contributed by atoms with Gasteiger partial charge >= 0.3 is 0 Å². The van der Waals surface area contributed by atoms with Gasteiger partial charge in [-0.1, -0.05) is 48.0 Å². The van der Waals surface area contributed by atoms with E-state index in [9.17, 15) is 4.79 Å². The molecule has 0 saturated carbocycles. The van der Waals surface area contributed by atoms with E-state index in [1.807, 2.05) is 48.5 Å². The summed E-state index contributed by atoms with van der Waals surface area (Å²) in [5, 5.41) is 1.85. The number of hydrogen-bond acceptors (Lipinski definition) is 2. The van der Waals surface area contributed by atoms with Crippen molar-refractivity contribution in [3.63, 3.8) is 0 Å². The highest BCUT2D eigenvalue weighted by molar-refractivity contribution is 6.31. The molecule has 0 aliphatic heterocycles. The Bertz CT molecular complexity index is 557. The molecule has 0 aliphatic rings. The van der Waals surface area contributed by atoms with Crippen LogP contribution in [0.4, 0.5) is 5.69 Å². The third-order valence-electron chi connectivity index (χ3n) is 2.70. The minimum Gasteiger partial charge on any atom is -0.272 e. The van der Waals surface area contributed by atoms with Crippen molar-refractivity contribution in [2.45, 2.75) is 6.42 Å². The molecule has 4 heteroatoms. The Morgan fingerprint density at radius 3 is 2.37 bits per heavy atom. The highest BCUT2D eigenvalue weighted by Crippen LogP contribution is 2.19. The largest absolute Gasteiger partial charge is 0.272 e. The van der Waals surface area contributed by atoms with Gasteiger partial charge < -0.3 is 0 Å². The molecule has 0 heterocycles. The Morgan fingerprint density at radius 2 is 1.74 bits per heavy atom. The molecule has 0 aromatic heterocycles. The molecule has 3 nitrogen and oxygen atoms in total. The van der Waals surface area contributed by atoms with Gasteiger partial charge in [-0.3, -0.25) is 9.63 Å². The first-order valence-electron chi connectivity index (χ1n) is 5.88. The Hall–Kier alpha value is -1.84. The van der Waals surface area contributed by atoms with Crippen molar-refractivity contribution < 1.29 is 9.63 Å². The molecule has 19 heavy (non-hydrogen) atoms. The summed E-state index contributed by atoms with van der Waals surface area (Å²) in [6.07, 6.45) is 0.197. The third-order valence-corrected chi connectivity index (χ3v) is 3.07. The normalized spacial score (nSPS) is 10.2. The molecule has 0 fully saturated rings. The number of benzene rings is 2. The van der Waals surface area contributed by atoms with E-state index >= 15 is 0 Å². The number of hydroxylamine groups is 1. The molecule has 2 rings (SSSR count). The van der Waals surface area contributed by atoms with Crippen molar-refractivity contribution in [2.24, 2.45) is 0 Å². The van der Waals surface area contributed by atoms with Gasteiger partial charge in [-0.25, -0.2) is 0 Å². The van der Waals surface area contributed by atoms with E-state index in [1.165, 1.54) is 12.2 Å². The van der Waals surface area contributed by atoms with Crippen LogP contribution in [0.15, 0.2) is 54.6 Å². The van der Waals surface area contributed by atoms with Crippen LogP contribution in [0.5, 0.6) is 0 Å². The Morgan fingerprint density at radius 1 is 1.11 bits per heavy atom. The number of halogens is 1. The predicted molar refractivity (Wildman–Crippen MR) is 76.1 cm³/mol. The summed E-state index contributed by atoms with van der Waals surface area (Å²) < 4.78 is 0. The van der Waals surface area contributed by atoms with Gasteiger partial charge in [0.15, 0.2) is 0 Å². The zero-order chi connectivity index (χ0) is 13.7. The second kappa shape index (κ2) is 6.36. The average molecular weight is 276 g/mol. The number of para-hydroxylation sites is 1. The molecule has 98 valence electrons. The van der Waals surface area contributed by atoms with Gasteiger partial charge in [0, 0.05) is 5.02 Å². The number of hydrogen-bond donors (Lipinski definition) is 0. The maximum absolute atomic E-state index is 12.2. The molecule has 0 radical (unpaired) electrons. The SMILES string of the molecule is CON(C(=O)Cc1ccccc1Cl)c1ccccc1. The fourth-order valence-electron chi connectivity index (χ4n) is 1.79. The smallest absolute Gasteiger partial charge is 0.255 e. The summed E-state index contributed by atoms with van der Waals surface area (Å²) in [7, 11) is 1.47. The summed E-state index contributed by atoms with van der Waals surface area (Å²) in [4.78, 5) is 17.4. The number of nitrogens with zero attached hydrogens (tertiary/aromatic N) is 1. The standard InChI is InChI=1S/C15H14ClNO2/c1-19-17(13-8-3-2-4-9-13)15(18)11-12-7-5-6-10-14(12)16/h2-10H,11H2,1H3. The van der Waals surface area contributed by atoms with Gasteiger partial charge in [-0.2, -0.15) is 5.06 Å². The van der Waals surface area contributed by atoms with Crippen molar-refractivity contribution in [1.29, 1.82) is 0 Å². The Kier molecular flexibility index (Phi) is 4.55. The van der Waals surface area contributed by atoms with E-state index in [-0.39, 0.29) is 12.3 Å². The van der Waals surface area contributed by atoms with Gasteiger partial charge in [-0.15, -0.1) is 0 Å². The number of carbonyl (C=O) groups is 1. The molecule has 0 unspecified atom stereocenters. The summed E-state index contributed by atoms with van der Waals surface area (Å²) >= 11 is 6.05. The molecule has 0 spiro atoms. The van der Waals surface area contributed by atoms with Crippen LogP contribution in [-0.4, -0.2) is 13.0 Å². The molecule has 0 N–H and O–H groups in total. The van der Waals surface area contributed by atoms with Crippen LogP contribution in [0.25, 0.3) is 0 Å². The van der Waals surface area contributed by atoms with E-state index in [0.29, 0.717) is 10.7 Å². The minimum absolute atomic E-state index is 0.165. The van der Waals surface area contributed by atoms with Crippen LogP contribution < -0.4 is 5.06 Å². The first-order valence-corrected chi connectivity index (χ1v) is 6.25. The number of carbonyl (C=O) groups excluding carboxylic acids is 1. The lowest BCUT2D eigenvalue weighted by Gasteiger charge is -2.19. The highest BCUT2D eigenvalue weighted by Gasteiger charge is 2.16. The van der Waals surface area contributed by atoms with E-state index in [0.717, 1.165) is 5.56 Å². The molecule has 2 aromatic rings. The van der Waals surface area contributed by atoms with Crippen molar-refractivity contribution in [2.75, 3.05) is 12.2 Å². The van der Waals surface area contributed by atoms with Crippen LogP contribution in [-0.2, 0) is 16.1 Å². The van der Waals surface area contributed by atoms with Gasteiger partial charge in [-0.05, 0) is 23.8 Å². The lowest BCUT2D eigenvalue weighted by molar-refractivity contribution is -0.124. The van der Waals surface area contributed by atoms with Crippen LogP contribution in [0.2, 0.25) is 5.02 Å². The third kappa shape index (κ3) is 3.34. The molecule has 0 aliphatic carbocycles. The van der Waals surface area contributed by atoms with E-state index in [4.69, 9.17) is 16.4 Å². The van der Waals surface area contributed by atoms with Gasteiger partial charge in [0.2, 0.25) is 0 Å². The Labute approximate surface area is 117 Å². The molecule has 2 aromatic carbocycles. The first-order chi connectivity index (χ1) is 9.22. The molecular weight excluding hydrogens is 262 g/mol. The quantitative estimate of drug-likeness (QED) is 0.800. The van der Waals surface area contributed by atoms with Gasteiger partial charge in [0.25, 0.3) is 5.91 Å². The minimum atomic E-state index is -0.165. The van der Waals surface area contributed by atoms with Crippen LogP contribution in [0, 0.1) is 0 Å². The van der Waals surface area contributed by atoms with Crippen molar-refractivity contribution in [3.05, 3.63) is 65.2 Å². The van der Waals surface area contributed by atoms with Crippen LogP contribution in [0.1, 0.15) is 5.56 Å². The summed E-state index contributed by atoms with van der Waals surface area (Å²) in [5.41, 5.74) is 1.48. The first kappa shape index (κ1) is 13.6. The molecular formula is C15H14ClNO2. The number of anilines is 1. The lowest BCUT2D eigenvalue weighted by Crippen LogP contribution is -2.31. The molecule has 1 amide bonds. The average Bonchev–Trinajstić information content (AvgIpc) is 2.43. The second-order valence-electron chi connectivity index (χ2n) is 3.97. The van der Waals surface area contributed by atoms with E-state index in [1.54, 1.807) is 6.07 Å². The van der Waals surface area contributed by atoms with E-state index in [2.05, 4.69) is 0 Å². The monoisotopic (exact) mass is 275 g/mol. The highest BCUT2D eigenvalue weighted by atomic mass is 35.5. The molecule has 0 atom stereocenters. The Balaban J connectivity index is 2.17. The zero-order valence-corrected chi connectivity index (χ0v) is 11.3. The maximum atomic E-state index is 12.2. The predicted octanol–water partition coefficient (Wildman–Crippen LogP) is 3.48. The fourth-order valence-corrected chi connectivity index (χ4v) is 1.99. The summed E-state index contributed by atoms with van der Waals surface area (Å²) in [6.45, 7) is 0. The van der Waals surface area contributed by atoms with Gasteiger partial charge in [0.1, 0.15) is 0 Å². The van der Waals surface area contributed by atoms with E-state index < -0.39 is 0 Å². The lowest BCUT2D eigenvalue weighted by atomic mass is 10.1. The zero-order valence-electron chi connectivity index (χ0n) is 10.5. The van der Waals surface area contributed by atoms with Crippen molar-refractivity contribution in [3.8, 4) is 0 Å². The summed E-state index contributed by atoms with van der Waals surface area (Å²) in [5.74, 6) is -0.165. The van der Waals surface area contributed by atoms with Crippen LogP contribution in [0.3, 0.4) is 0 Å².